The highest BCUT2D eigenvalue weighted by Gasteiger charge is 2.65. The van der Waals surface area contributed by atoms with Gasteiger partial charge in [0.15, 0.2) is 5.60 Å². The highest BCUT2D eigenvalue weighted by molar-refractivity contribution is 5.95. The van der Waals surface area contributed by atoms with Crippen LogP contribution in [0.15, 0.2) is 11.6 Å². The monoisotopic (exact) mass is 236 g/mol. The van der Waals surface area contributed by atoms with Crippen LogP contribution in [0.25, 0.3) is 0 Å². The number of hydrogen-bond acceptors (Lipinski definition) is 4. The van der Waals surface area contributed by atoms with Crippen molar-refractivity contribution in [2.24, 2.45) is 11.8 Å². The molecule has 0 aromatic carbocycles. The Balaban J connectivity index is 2.11. The van der Waals surface area contributed by atoms with Gasteiger partial charge in [0.05, 0.1) is 5.57 Å². The lowest BCUT2D eigenvalue weighted by Gasteiger charge is -2.37. The fourth-order valence-electron chi connectivity index (χ4n) is 3.67. The van der Waals surface area contributed by atoms with E-state index in [-0.39, 0.29) is 24.0 Å². The maximum Gasteiger partial charge on any atom is 0.338 e. The molecule has 92 valence electrons. The molecule has 0 unspecified atom stereocenters. The van der Waals surface area contributed by atoms with E-state index in [4.69, 9.17) is 9.47 Å². The number of ether oxygens (including phenoxy) is 2. The van der Waals surface area contributed by atoms with Gasteiger partial charge in [0.25, 0.3) is 0 Å². The van der Waals surface area contributed by atoms with Crippen LogP contribution < -0.4 is 0 Å². The van der Waals surface area contributed by atoms with Crippen molar-refractivity contribution < 1.29 is 19.1 Å². The van der Waals surface area contributed by atoms with Gasteiger partial charge in [-0.3, -0.25) is 4.79 Å². The lowest BCUT2D eigenvalue weighted by atomic mass is 9.73. The summed E-state index contributed by atoms with van der Waals surface area (Å²) in [6.45, 7) is 3.48. The molecule has 0 bridgehead atoms. The number of allylic oxidation sites excluding steroid dienone is 1. The zero-order valence-corrected chi connectivity index (χ0v) is 10.1. The molecule has 2 fully saturated rings. The topological polar surface area (TPSA) is 52.6 Å². The van der Waals surface area contributed by atoms with E-state index in [1.54, 1.807) is 0 Å². The number of carbonyl (C=O) groups excluding carboxylic acids is 2. The highest BCUT2D eigenvalue weighted by atomic mass is 16.6. The Kier molecular flexibility index (Phi) is 2.12. The van der Waals surface area contributed by atoms with Gasteiger partial charge < -0.3 is 9.47 Å². The standard InChI is InChI=1S/C13H16O4/c1-7-5-9-3-4-11-13(9,17-8(2)14)10(6-7)12(15)16-11/h6-7,9,11H,3-5H2,1-2H3/t7-,9+,11+,13-/m0/s1. The van der Waals surface area contributed by atoms with E-state index in [0.717, 1.165) is 19.3 Å². The Hall–Kier alpha value is -1.32. The molecule has 3 rings (SSSR count). The van der Waals surface area contributed by atoms with Crippen molar-refractivity contribution in [2.45, 2.75) is 44.8 Å². The number of rotatable bonds is 1. The molecule has 4 nitrogen and oxygen atoms in total. The summed E-state index contributed by atoms with van der Waals surface area (Å²) >= 11 is 0. The first-order valence-electron chi connectivity index (χ1n) is 6.17. The normalized spacial score (nSPS) is 42.8. The molecule has 0 radical (unpaired) electrons. The molecule has 0 aromatic heterocycles. The molecular formula is C13H16O4. The van der Waals surface area contributed by atoms with Crippen molar-refractivity contribution >= 4 is 11.9 Å². The van der Waals surface area contributed by atoms with E-state index in [1.807, 2.05) is 6.08 Å². The van der Waals surface area contributed by atoms with Gasteiger partial charge in [-0.1, -0.05) is 13.0 Å². The van der Waals surface area contributed by atoms with Gasteiger partial charge in [0.1, 0.15) is 6.10 Å². The summed E-state index contributed by atoms with van der Waals surface area (Å²) in [4.78, 5) is 23.2. The van der Waals surface area contributed by atoms with Gasteiger partial charge >= 0.3 is 11.9 Å². The maximum absolute atomic E-state index is 11.8. The summed E-state index contributed by atoms with van der Waals surface area (Å²) in [6.07, 6.45) is 4.39. The quantitative estimate of drug-likeness (QED) is 0.649. The van der Waals surface area contributed by atoms with E-state index in [2.05, 4.69) is 6.92 Å². The minimum absolute atomic E-state index is 0.234. The summed E-state index contributed by atoms with van der Waals surface area (Å²) < 4.78 is 10.9. The van der Waals surface area contributed by atoms with Gasteiger partial charge in [-0.25, -0.2) is 4.79 Å². The number of carbonyl (C=O) groups is 2. The summed E-state index contributed by atoms with van der Waals surface area (Å²) in [5.74, 6) is -0.0471. The molecule has 2 aliphatic carbocycles. The molecule has 4 heteroatoms. The fourth-order valence-corrected chi connectivity index (χ4v) is 3.67. The summed E-state index contributed by atoms with van der Waals surface area (Å²) in [6, 6.07) is 0. The number of hydrogen-bond donors (Lipinski definition) is 0. The van der Waals surface area contributed by atoms with E-state index in [1.165, 1.54) is 6.92 Å². The molecule has 1 saturated carbocycles. The first kappa shape index (κ1) is 10.8. The predicted octanol–water partition coefficient (Wildman–Crippen LogP) is 1.59. The minimum atomic E-state index is -0.768. The Morgan fingerprint density at radius 3 is 3.00 bits per heavy atom. The molecule has 0 amide bonds. The molecule has 17 heavy (non-hydrogen) atoms. The van der Waals surface area contributed by atoms with Crippen LogP contribution in [0, 0.1) is 11.8 Å². The highest BCUT2D eigenvalue weighted by Crippen LogP contribution is 2.55. The first-order valence-corrected chi connectivity index (χ1v) is 6.17. The average molecular weight is 236 g/mol. The molecule has 1 saturated heterocycles. The Bertz CT molecular complexity index is 425. The van der Waals surface area contributed by atoms with Gasteiger partial charge in [-0.2, -0.15) is 0 Å². The first-order chi connectivity index (χ1) is 8.04. The van der Waals surface area contributed by atoms with E-state index in [9.17, 15) is 9.59 Å². The Labute approximate surface area is 100.0 Å². The van der Waals surface area contributed by atoms with E-state index >= 15 is 0 Å². The Morgan fingerprint density at radius 1 is 1.53 bits per heavy atom. The minimum Gasteiger partial charge on any atom is -0.454 e. The van der Waals surface area contributed by atoms with E-state index in [0.29, 0.717) is 11.5 Å². The second-order valence-electron chi connectivity index (χ2n) is 5.35. The zero-order chi connectivity index (χ0) is 12.2. The van der Waals surface area contributed by atoms with Crippen molar-refractivity contribution in [1.82, 2.24) is 0 Å². The second-order valence-corrected chi connectivity index (χ2v) is 5.35. The van der Waals surface area contributed by atoms with Gasteiger partial charge in [0, 0.05) is 12.8 Å². The van der Waals surface area contributed by atoms with Crippen LogP contribution in [0.2, 0.25) is 0 Å². The van der Waals surface area contributed by atoms with Crippen LogP contribution in [0.4, 0.5) is 0 Å². The van der Waals surface area contributed by atoms with Gasteiger partial charge in [0.2, 0.25) is 0 Å². The van der Waals surface area contributed by atoms with Crippen molar-refractivity contribution in [2.75, 3.05) is 0 Å². The lowest BCUT2D eigenvalue weighted by Crippen LogP contribution is -2.47. The van der Waals surface area contributed by atoms with E-state index < -0.39 is 5.60 Å². The zero-order valence-electron chi connectivity index (χ0n) is 10.1. The van der Waals surface area contributed by atoms with Crippen molar-refractivity contribution in [3.8, 4) is 0 Å². The molecular weight excluding hydrogens is 220 g/mol. The molecule has 1 aliphatic heterocycles. The largest absolute Gasteiger partial charge is 0.454 e. The second kappa shape index (κ2) is 3.34. The third-order valence-corrected chi connectivity index (χ3v) is 4.17. The molecule has 0 aromatic rings. The predicted molar refractivity (Wildman–Crippen MR) is 59.0 cm³/mol. The van der Waals surface area contributed by atoms with Crippen LogP contribution >= 0.6 is 0 Å². The maximum atomic E-state index is 11.8. The molecule has 0 spiro atoms. The van der Waals surface area contributed by atoms with Crippen LogP contribution in [0.3, 0.4) is 0 Å². The van der Waals surface area contributed by atoms with Gasteiger partial charge in [-0.05, 0) is 25.2 Å². The third kappa shape index (κ3) is 1.30. The van der Waals surface area contributed by atoms with Crippen molar-refractivity contribution in [3.05, 3.63) is 11.6 Å². The fraction of sp³-hybridized carbons (Fsp3) is 0.692. The molecule has 4 atom stereocenters. The van der Waals surface area contributed by atoms with Crippen molar-refractivity contribution in [1.29, 1.82) is 0 Å². The van der Waals surface area contributed by atoms with Crippen LogP contribution in [0.5, 0.6) is 0 Å². The summed E-state index contributed by atoms with van der Waals surface area (Å²) in [5, 5.41) is 0. The summed E-state index contributed by atoms with van der Waals surface area (Å²) in [7, 11) is 0. The Morgan fingerprint density at radius 2 is 2.29 bits per heavy atom. The van der Waals surface area contributed by atoms with Crippen molar-refractivity contribution in [3.63, 3.8) is 0 Å². The smallest absolute Gasteiger partial charge is 0.338 e. The average Bonchev–Trinajstić information content (AvgIpc) is 2.68. The van der Waals surface area contributed by atoms with Gasteiger partial charge in [-0.15, -0.1) is 0 Å². The third-order valence-electron chi connectivity index (χ3n) is 4.17. The molecule has 3 aliphatic rings. The number of esters is 2. The lowest BCUT2D eigenvalue weighted by molar-refractivity contribution is -0.164. The van der Waals surface area contributed by atoms with Crippen LogP contribution in [0.1, 0.15) is 33.1 Å². The van der Waals surface area contributed by atoms with Crippen LogP contribution in [-0.2, 0) is 19.1 Å². The van der Waals surface area contributed by atoms with Crippen LogP contribution in [-0.4, -0.2) is 23.6 Å². The summed E-state index contributed by atoms with van der Waals surface area (Å²) in [5.41, 5.74) is -0.186. The molecule has 0 N–H and O–H groups in total. The molecule has 1 heterocycles. The SMILES string of the molecule is CC(=O)O[C@]12C3=C[C@@H](C)C[C@H]1CC[C@H]2OC3=O.